The Morgan fingerprint density at radius 3 is 2.20 bits per heavy atom. The molecule has 0 radical (unpaired) electrons. The second-order valence-electron chi connectivity index (χ2n) is 10.3. The van der Waals surface area contributed by atoms with Crippen LogP contribution < -0.4 is 0 Å². The van der Waals surface area contributed by atoms with E-state index in [1.165, 1.54) is 0 Å². The number of H-pyrrole nitrogens is 1. The molecule has 9 heteroatoms. The highest BCUT2D eigenvalue weighted by Crippen LogP contribution is 2.56. The number of amides is 1. The van der Waals surface area contributed by atoms with Crippen molar-refractivity contribution in [2.75, 3.05) is 26.3 Å². The number of aromatic nitrogens is 2. The Bertz CT molecular complexity index is 1100. The van der Waals surface area contributed by atoms with Crippen molar-refractivity contribution in [3.63, 3.8) is 0 Å². The highest BCUT2D eigenvalue weighted by atomic mass is 16.6. The molecule has 2 aromatic rings. The average molecular weight is 484 g/mol. The number of nitrogens with one attached hydrogen (secondary N) is 1. The third-order valence-corrected chi connectivity index (χ3v) is 6.32. The second kappa shape index (κ2) is 9.36. The minimum absolute atomic E-state index is 0.0832. The number of aromatic amines is 1. The van der Waals surface area contributed by atoms with Crippen LogP contribution in [0.5, 0.6) is 0 Å². The van der Waals surface area contributed by atoms with Gasteiger partial charge in [0.15, 0.2) is 5.69 Å². The zero-order valence-corrected chi connectivity index (χ0v) is 21.0. The molecule has 1 aromatic carbocycles. The molecule has 0 bridgehead atoms. The Kier molecular flexibility index (Phi) is 6.62. The quantitative estimate of drug-likeness (QED) is 0.474. The molecule has 1 saturated carbocycles. The van der Waals surface area contributed by atoms with Gasteiger partial charge in [-0.15, -0.1) is 0 Å². The van der Waals surface area contributed by atoms with E-state index in [2.05, 4.69) is 4.98 Å². The van der Waals surface area contributed by atoms with Crippen LogP contribution in [0.1, 0.15) is 80.0 Å². The van der Waals surface area contributed by atoms with Gasteiger partial charge in [0.25, 0.3) is 0 Å². The number of imidazole rings is 1. The Labute approximate surface area is 205 Å². The zero-order valence-electron chi connectivity index (χ0n) is 21.0. The van der Waals surface area contributed by atoms with Crippen LogP contribution in [0.2, 0.25) is 0 Å². The highest BCUT2D eigenvalue weighted by molar-refractivity contribution is 5.95. The second-order valence-corrected chi connectivity index (χ2v) is 10.3. The molecule has 1 amide bonds. The summed E-state index contributed by atoms with van der Waals surface area (Å²) in [4.78, 5) is 46.6. The molecule has 1 aliphatic carbocycles. The highest BCUT2D eigenvalue weighted by Gasteiger charge is 2.55. The van der Waals surface area contributed by atoms with Gasteiger partial charge in [-0.3, -0.25) is 0 Å². The van der Waals surface area contributed by atoms with E-state index in [0.29, 0.717) is 42.2 Å². The SMILES string of the molecule is CCOC(=O)c1ccc(-c2nc(C3CC4(C3)CN(C(=O)OC(C)(C)C)C4)[nH]c2C(=O)OCC)cc1. The summed E-state index contributed by atoms with van der Waals surface area (Å²) in [5.41, 5.74) is 1.51. The van der Waals surface area contributed by atoms with Crippen molar-refractivity contribution in [2.45, 2.75) is 59.0 Å². The summed E-state index contributed by atoms with van der Waals surface area (Å²) in [6.45, 7) is 11.0. The van der Waals surface area contributed by atoms with E-state index < -0.39 is 17.5 Å². The largest absolute Gasteiger partial charge is 0.462 e. The van der Waals surface area contributed by atoms with E-state index in [1.54, 1.807) is 43.0 Å². The molecule has 0 atom stereocenters. The molecule has 2 fully saturated rings. The maximum atomic E-state index is 12.6. The van der Waals surface area contributed by atoms with Crippen molar-refractivity contribution < 1.29 is 28.6 Å². The lowest BCUT2D eigenvalue weighted by Gasteiger charge is -2.58. The van der Waals surface area contributed by atoms with Crippen molar-refractivity contribution >= 4 is 18.0 Å². The van der Waals surface area contributed by atoms with E-state index in [-0.39, 0.29) is 24.0 Å². The van der Waals surface area contributed by atoms with Gasteiger partial charge < -0.3 is 24.1 Å². The maximum absolute atomic E-state index is 12.6. The standard InChI is InChI=1S/C26H33N3O6/c1-6-33-22(30)17-10-8-16(9-11-17)19-20(23(31)34-7-2)28-21(27-19)18-12-26(13-18)14-29(15-26)24(32)35-25(3,4)5/h8-11,18H,6-7,12-15H2,1-5H3,(H,27,28). The molecule has 1 N–H and O–H groups in total. The number of benzene rings is 1. The fraction of sp³-hybridized carbons (Fsp3) is 0.538. The molecule has 1 aromatic heterocycles. The number of rotatable bonds is 6. The summed E-state index contributed by atoms with van der Waals surface area (Å²) in [7, 11) is 0. The molecule has 1 spiro atoms. The summed E-state index contributed by atoms with van der Waals surface area (Å²) < 4.78 is 15.7. The Balaban J connectivity index is 1.47. The minimum Gasteiger partial charge on any atom is -0.462 e. The predicted octanol–water partition coefficient (Wildman–Crippen LogP) is 4.54. The Morgan fingerprint density at radius 2 is 1.63 bits per heavy atom. The van der Waals surface area contributed by atoms with Crippen LogP contribution in [0.25, 0.3) is 11.3 Å². The average Bonchev–Trinajstić information content (AvgIpc) is 3.16. The van der Waals surface area contributed by atoms with E-state index in [1.807, 2.05) is 20.8 Å². The molecule has 0 unspecified atom stereocenters. The third-order valence-electron chi connectivity index (χ3n) is 6.32. The van der Waals surface area contributed by atoms with Crippen LogP contribution in [-0.4, -0.2) is 64.8 Å². The smallest absolute Gasteiger partial charge is 0.410 e. The van der Waals surface area contributed by atoms with E-state index in [4.69, 9.17) is 19.2 Å². The van der Waals surface area contributed by atoms with Gasteiger partial charge in [-0.05, 0) is 59.6 Å². The van der Waals surface area contributed by atoms with Gasteiger partial charge in [-0.25, -0.2) is 19.4 Å². The first-order chi connectivity index (χ1) is 16.5. The number of likely N-dealkylation sites (tertiary alicyclic amines) is 1. The predicted molar refractivity (Wildman–Crippen MR) is 128 cm³/mol. The normalized spacial score (nSPS) is 16.9. The number of ether oxygens (including phenoxy) is 3. The van der Waals surface area contributed by atoms with Crippen LogP contribution in [0.4, 0.5) is 4.79 Å². The van der Waals surface area contributed by atoms with Crippen molar-refractivity contribution in [3.8, 4) is 11.3 Å². The van der Waals surface area contributed by atoms with Crippen molar-refractivity contribution in [1.29, 1.82) is 0 Å². The first-order valence-electron chi connectivity index (χ1n) is 12.1. The Morgan fingerprint density at radius 1 is 1.03 bits per heavy atom. The molecule has 1 saturated heterocycles. The van der Waals surface area contributed by atoms with Crippen LogP contribution in [0.3, 0.4) is 0 Å². The van der Waals surface area contributed by atoms with Crippen LogP contribution in [-0.2, 0) is 14.2 Å². The van der Waals surface area contributed by atoms with Gasteiger partial charge in [0, 0.05) is 30.0 Å². The van der Waals surface area contributed by atoms with Gasteiger partial charge in [0.2, 0.25) is 0 Å². The zero-order chi connectivity index (χ0) is 25.4. The van der Waals surface area contributed by atoms with Crippen molar-refractivity contribution in [1.82, 2.24) is 14.9 Å². The molecule has 2 heterocycles. The monoisotopic (exact) mass is 483 g/mol. The van der Waals surface area contributed by atoms with Crippen LogP contribution >= 0.6 is 0 Å². The van der Waals surface area contributed by atoms with E-state index in [0.717, 1.165) is 18.7 Å². The van der Waals surface area contributed by atoms with E-state index in [9.17, 15) is 14.4 Å². The molecule has 188 valence electrons. The lowest BCUT2D eigenvalue weighted by molar-refractivity contribution is -0.0796. The third kappa shape index (κ3) is 5.18. The molecule has 2 aliphatic rings. The molecule has 35 heavy (non-hydrogen) atoms. The summed E-state index contributed by atoms with van der Waals surface area (Å²) in [6.07, 6.45) is 1.48. The number of hydrogen-bond donors (Lipinski definition) is 1. The fourth-order valence-electron chi connectivity index (χ4n) is 4.78. The van der Waals surface area contributed by atoms with Gasteiger partial charge >= 0.3 is 18.0 Å². The number of hydrogen-bond acceptors (Lipinski definition) is 7. The Hall–Kier alpha value is -3.36. The van der Waals surface area contributed by atoms with Crippen LogP contribution in [0, 0.1) is 5.41 Å². The number of carbonyl (C=O) groups excluding carboxylic acids is 3. The summed E-state index contributed by atoms with van der Waals surface area (Å²) in [5, 5.41) is 0. The van der Waals surface area contributed by atoms with Gasteiger partial charge in [0.05, 0.1) is 18.8 Å². The van der Waals surface area contributed by atoms with Gasteiger partial charge in [-0.1, -0.05) is 12.1 Å². The lowest BCUT2D eigenvalue weighted by Crippen LogP contribution is -2.63. The van der Waals surface area contributed by atoms with E-state index >= 15 is 0 Å². The first-order valence-corrected chi connectivity index (χ1v) is 12.1. The molecular weight excluding hydrogens is 450 g/mol. The number of carbonyl (C=O) groups is 3. The molecule has 1 aliphatic heterocycles. The topological polar surface area (TPSA) is 111 Å². The lowest BCUT2D eigenvalue weighted by atomic mass is 9.57. The van der Waals surface area contributed by atoms with Crippen molar-refractivity contribution in [3.05, 3.63) is 41.3 Å². The fourth-order valence-corrected chi connectivity index (χ4v) is 4.78. The van der Waals surface area contributed by atoms with Gasteiger partial charge in [-0.2, -0.15) is 0 Å². The van der Waals surface area contributed by atoms with Crippen LogP contribution in [0.15, 0.2) is 24.3 Å². The summed E-state index contributed by atoms with van der Waals surface area (Å²) >= 11 is 0. The molecular formula is C26H33N3O6. The summed E-state index contributed by atoms with van der Waals surface area (Å²) in [5.74, 6) is 0.0351. The summed E-state index contributed by atoms with van der Waals surface area (Å²) in [6, 6.07) is 6.83. The first kappa shape index (κ1) is 24.8. The van der Waals surface area contributed by atoms with Crippen molar-refractivity contribution in [2.24, 2.45) is 5.41 Å². The maximum Gasteiger partial charge on any atom is 0.410 e. The number of esters is 2. The minimum atomic E-state index is -0.509. The molecule has 4 rings (SSSR count). The van der Waals surface area contributed by atoms with Gasteiger partial charge in [0.1, 0.15) is 17.1 Å². The number of nitrogens with zero attached hydrogens (tertiary/aromatic N) is 2. The molecule has 9 nitrogen and oxygen atoms in total.